The van der Waals surface area contributed by atoms with Crippen molar-refractivity contribution in [2.45, 2.75) is 12.3 Å². The molecule has 3 aromatic rings. The molecule has 0 aliphatic carbocycles. The number of carbonyl (C=O) groups excluding carboxylic acids is 2. The molecular weight excluding hydrogens is 456 g/mol. The third kappa shape index (κ3) is 5.53. The van der Waals surface area contributed by atoms with Crippen LogP contribution in [0.15, 0.2) is 66.9 Å². The van der Waals surface area contributed by atoms with Gasteiger partial charge in [0.25, 0.3) is 5.91 Å². The number of esters is 1. The van der Waals surface area contributed by atoms with Crippen molar-refractivity contribution in [1.29, 1.82) is 0 Å². The van der Waals surface area contributed by atoms with Gasteiger partial charge in [-0.2, -0.15) is 13.2 Å². The maximum Gasteiger partial charge on any atom is 0.418 e. The Kier molecular flexibility index (Phi) is 6.82. The van der Waals surface area contributed by atoms with Crippen LogP contribution in [0.1, 0.15) is 27.6 Å². The van der Waals surface area contributed by atoms with Crippen LogP contribution in [-0.2, 0) is 15.7 Å². The number of pyridine rings is 1. The molecule has 1 amide bonds. The number of carbonyl (C=O) groups is 2. The van der Waals surface area contributed by atoms with Gasteiger partial charge in [-0.3, -0.25) is 4.79 Å². The van der Waals surface area contributed by atoms with E-state index in [2.05, 4.69) is 10.3 Å². The minimum Gasteiger partial charge on any atom is -0.444 e. The molecule has 160 valence electrons. The van der Waals surface area contributed by atoms with Gasteiger partial charge in [0, 0.05) is 16.8 Å². The van der Waals surface area contributed by atoms with E-state index in [-0.39, 0.29) is 21.3 Å². The lowest BCUT2D eigenvalue weighted by Crippen LogP contribution is -2.27. The summed E-state index contributed by atoms with van der Waals surface area (Å²) in [4.78, 5) is 29.2. The fourth-order valence-electron chi connectivity index (χ4n) is 2.67. The molecule has 0 saturated heterocycles. The predicted molar refractivity (Wildman–Crippen MR) is 109 cm³/mol. The molecule has 31 heavy (non-hydrogen) atoms. The number of benzene rings is 2. The van der Waals surface area contributed by atoms with Gasteiger partial charge in [0.15, 0.2) is 0 Å². The Bertz CT molecular complexity index is 1110. The van der Waals surface area contributed by atoms with Crippen LogP contribution >= 0.6 is 23.2 Å². The Morgan fingerprint density at radius 3 is 2.35 bits per heavy atom. The van der Waals surface area contributed by atoms with E-state index in [0.29, 0.717) is 6.07 Å². The third-order valence-electron chi connectivity index (χ3n) is 4.09. The Morgan fingerprint density at radius 2 is 1.71 bits per heavy atom. The number of anilines is 1. The van der Waals surface area contributed by atoms with Crippen LogP contribution in [0.3, 0.4) is 0 Å². The Balaban J connectivity index is 1.93. The molecule has 10 heteroatoms. The summed E-state index contributed by atoms with van der Waals surface area (Å²) in [5.41, 5.74) is -1.52. The van der Waals surface area contributed by atoms with Crippen molar-refractivity contribution < 1.29 is 27.5 Å². The lowest BCUT2D eigenvalue weighted by molar-refractivity contribution is -0.137. The van der Waals surface area contributed by atoms with Crippen LogP contribution in [0.25, 0.3) is 0 Å². The zero-order chi connectivity index (χ0) is 22.6. The van der Waals surface area contributed by atoms with Crippen molar-refractivity contribution >= 4 is 40.8 Å². The Labute approximate surface area is 184 Å². The van der Waals surface area contributed by atoms with Crippen LogP contribution in [0.5, 0.6) is 0 Å². The van der Waals surface area contributed by atoms with Gasteiger partial charge in [0.1, 0.15) is 5.15 Å². The Hall–Kier alpha value is -3.10. The molecule has 0 spiro atoms. The van der Waals surface area contributed by atoms with Crippen molar-refractivity contribution in [3.05, 3.63) is 93.7 Å². The van der Waals surface area contributed by atoms with Gasteiger partial charge in [0.05, 0.1) is 16.8 Å². The summed E-state index contributed by atoms with van der Waals surface area (Å²) in [5, 5.41) is 1.88. The number of nitrogens with zero attached hydrogens (tertiary/aromatic N) is 1. The van der Waals surface area contributed by atoms with Crippen LogP contribution in [-0.4, -0.2) is 16.9 Å². The first-order valence-electron chi connectivity index (χ1n) is 8.71. The van der Waals surface area contributed by atoms with Crippen molar-refractivity contribution in [3.63, 3.8) is 0 Å². The number of halogens is 5. The average molecular weight is 469 g/mol. The SMILES string of the molecule is O=C(OC(C(=O)Nc1ccc(Cl)cc1C(F)(F)F)c1ccccc1)c1cccnc1Cl. The summed E-state index contributed by atoms with van der Waals surface area (Å²) >= 11 is 11.6. The fraction of sp³-hybridized carbons (Fsp3) is 0.0952. The van der Waals surface area contributed by atoms with Gasteiger partial charge >= 0.3 is 12.1 Å². The summed E-state index contributed by atoms with van der Waals surface area (Å²) in [5.74, 6) is -1.96. The van der Waals surface area contributed by atoms with Gasteiger partial charge in [-0.15, -0.1) is 0 Å². The predicted octanol–water partition coefficient (Wildman–Crippen LogP) is 5.94. The van der Waals surface area contributed by atoms with E-state index in [1.54, 1.807) is 18.2 Å². The lowest BCUT2D eigenvalue weighted by Gasteiger charge is -2.20. The molecule has 1 N–H and O–H groups in total. The van der Waals surface area contributed by atoms with Gasteiger partial charge in [-0.05, 0) is 30.3 Å². The summed E-state index contributed by atoms with van der Waals surface area (Å²) in [7, 11) is 0. The highest BCUT2D eigenvalue weighted by Gasteiger charge is 2.35. The molecule has 2 aromatic carbocycles. The van der Waals surface area contributed by atoms with Crippen molar-refractivity contribution in [2.24, 2.45) is 0 Å². The minimum atomic E-state index is -4.77. The number of hydrogen-bond acceptors (Lipinski definition) is 4. The summed E-state index contributed by atoms with van der Waals surface area (Å²) in [6.45, 7) is 0. The number of aromatic nitrogens is 1. The van der Waals surface area contributed by atoms with Gasteiger partial charge < -0.3 is 10.1 Å². The molecule has 0 aliphatic rings. The fourth-order valence-corrected chi connectivity index (χ4v) is 3.04. The van der Waals surface area contributed by atoms with Gasteiger partial charge in [-0.1, -0.05) is 53.5 Å². The molecule has 5 nitrogen and oxygen atoms in total. The molecule has 0 radical (unpaired) electrons. The molecule has 3 rings (SSSR count). The topological polar surface area (TPSA) is 68.3 Å². The van der Waals surface area contributed by atoms with E-state index < -0.39 is 35.4 Å². The molecule has 0 saturated carbocycles. The van der Waals surface area contributed by atoms with Crippen molar-refractivity contribution in [2.75, 3.05) is 5.32 Å². The quantitative estimate of drug-likeness (QED) is 0.371. The van der Waals surface area contributed by atoms with Crippen LogP contribution in [0.2, 0.25) is 10.2 Å². The highest BCUT2D eigenvalue weighted by molar-refractivity contribution is 6.32. The van der Waals surface area contributed by atoms with Crippen LogP contribution < -0.4 is 5.32 Å². The highest BCUT2D eigenvalue weighted by atomic mass is 35.5. The first kappa shape index (κ1) is 22.6. The maximum absolute atomic E-state index is 13.4. The molecule has 0 fully saturated rings. The number of nitrogens with one attached hydrogen (secondary N) is 1. The van der Waals surface area contributed by atoms with Crippen molar-refractivity contribution in [1.82, 2.24) is 4.98 Å². The molecule has 0 aliphatic heterocycles. The highest BCUT2D eigenvalue weighted by Crippen LogP contribution is 2.37. The average Bonchev–Trinajstić information content (AvgIpc) is 2.73. The normalized spacial score (nSPS) is 12.2. The maximum atomic E-state index is 13.4. The van der Waals surface area contributed by atoms with E-state index in [9.17, 15) is 22.8 Å². The summed E-state index contributed by atoms with van der Waals surface area (Å²) < 4.78 is 45.4. The van der Waals surface area contributed by atoms with Crippen LogP contribution in [0.4, 0.5) is 18.9 Å². The zero-order valence-electron chi connectivity index (χ0n) is 15.5. The molecular formula is C21H13Cl2F3N2O3. The van der Waals surface area contributed by atoms with E-state index >= 15 is 0 Å². The molecule has 1 heterocycles. The first-order chi connectivity index (χ1) is 14.7. The largest absolute Gasteiger partial charge is 0.444 e. The monoisotopic (exact) mass is 468 g/mol. The van der Waals surface area contributed by atoms with Gasteiger partial charge in [-0.25, -0.2) is 9.78 Å². The van der Waals surface area contributed by atoms with Gasteiger partial charge in [0.2, 0.25) is 6.10 Å². The van der Waals surface area contributed by atoms with E-state index in [1.807, 2.05) is 0 Å². The third-order valence-corrected chi connectivity index (χ3v) is 4.63. The number of amides is 1. The number of hydrogen-bond donors (Lipinski definition) is 1. The molecule has 0 bridgehead atoms. The summed E-state index contributed by atoms with van der Waals surface area (Å²) in [6.07, 6.45) is -4.96. The zero-order valence-corrected chi connectivity index (χ0v) is 17.0. The van der Waals surface area contributed by atoms with E-state index in [4.69, 9.17) is 27.9 Å². The standard InChI is InChI=1S/C21H13Cl2F3N2O3/c22-13-8-9-16(15(11-13)21(24,25)26)28-19(29)17(12-5-2-1-3-6-12)31-20(30)14-7-4-10-27-18(14)23/h1-11,17H,(H,28,29). The van der Waals surface area contributed by atoms with Crippen LogP contribution in [0, 0.1) is 0 Å². The molecule has 1 atom stereocenters. The van der Waals surface area contributed by atoms with Crippen molar-refractivity contribution in [3.8, 4) is 0 Å². The number of rotatable bonds is 5. The minimum absolute atomic E-state index is 0.0969. The first-order valence-corrected chi connectivity index (χ1v) is 9.46. The number of alkyl halides is 3. The summed E-state index contributed by atoms with van der Waals surface area (Å²) in [6, 6.07) is 13.5. The smallest absolute Gasteiger partial charge is 0.418 e. The second kappa shape index (κ2) is 9.36. The lowest BCUT2D eigenvalue weighted by atomic mass is 10.1. The molecule has 1 unspecified atom stereocenters. The second-order valence-electron chi connectivity index (χ2n) is 6.21. The van der Waals surface area contributed by atoms with E-state index in [0.717, 1.165) is 6.07 Å². The molecule has 1 aromatic heterocycles. The number of ether oxygens (including phenoxy) is 1. The van der Waals surface area contributed by atoms with E-state index in [1.165, 1.54) is 36.5 Å². The Morgan fingerprint density at radius 1 is 1.00 bits per heavy atom. The second-order valence-corrected chi connectivity index (χ2v) is 7.01.